The van der Waals surface area contributed by atoms with E-state index in [1.165, 1.54) is 18.3 Å². The van der Waals surface area contributed by atoms with E-state index in [9.17, 15) is 18.0 Å². The lowest BCUT2D eigenvalue weighted by molar-refractivity contribution is -0.0847. The number of hydrogen-bond acceptors (Lipinski definition) is 8. The molecule has 3 aromatic heterocycles. The first-order valence-corrected chi connectivity index (χ1v) is 14.8. The van der Waals surface area contributed by atoms with Crippen molar-refractivity contribution in [3.05, 3.63) is 59.5 Å². The van der Waals surface area contributed by atoms with Crippen LogP contribution in [0.25, 0.3) is 16.7 Å². The number of carbonyl (C=O) groups excluding carboxylic acids is 2. The number of nitrogens with one attached hydrogen (secondary N) is 1. The van der Waals surface area contributed by atoms with Crippen LogP contribution in [0.15, 0.2) is 47.6 Å². The summed E-state index contributed by atoms with van der Waals surface area (Å²) in [5.74, 6) is -0.562. The van der Waals surface area contributed by atoms with Crippen molar-refractivity contribution in [1.29, 1.82) is 0 Å². The molecule has 0 aliphatic heterocycles. The van der Waals surface area contributed by atoms with Crippen molar-refractivity contribution in [2.75, 3.05) is 6.26 Å². The number of fused-ring (bicyclic) bond motifs is 1. The highest BCUT2D eigenvalue weighted by atomic mass is 32.2. The minimum atomic E-state index is -3.30. The van der Waals surface area contributed by atoms with Crippen LogP contribution in [0.1, 0.15) is 52.1 Å². The summed E-state index contributed by atoms with van der Waals surface area (Å²) in [7, 11) is -1.52. The van der Waals surface area contributed by atoms with Crippen LogP contribution < -0.4 is 15.8 Å². The Balaban J connectivity index is 1.05. The number of benzene rings is 1. The van der Waals surface area contributed by atoms with Gasteiger partial charge in [-0.3, -0.25) is 14.3 Å². The SMILES string of the molecule is Cc1c(C(=O)NC2CC3(C2)CC(Oc2nc4c(cnn4C)cc2C(N)=O)C3)cnn1-c1ccc(S(C)(=O)=O)cc1. The lowest BCUT2D eigenvalue weighted by Crippen LogP contribution is -2.58. The molecule has 2 amide bonds. The Morgan fingerprint density at radius 1 is 1.07 bits per heavy atom. The van der Waals surface area contributed by atoms with Gasteiger partial charge in [0.2, 0.25) is 5.88 Å². The molecule has 2 aliphatic carbocycles. The Kier molecular flexibility index (Phi) is 5.95. The summed E-state index contributed by atoms with van der Waals surface area (Å²) in [6, 6.07) is 8.09. The molecule has 12 nitrogen and oxygen atoms in total. The summed E-state index contributed by atoms with van der Waals surface area (Å²) in [5.41, 5.74) is 8.33. The predicted molar refractivity (Wildman–Crippen MR) is 145 cm³/mol. The van der Waals surface area contributed by atoms with Crippen LogP contribution in [0.2, 0.25) is 0 Å². The Morgan fingerprint density at radius 3 is 2.42 bits per heavy atom. The third kappa shape index (κ3) is 4.49. The number of nitrogens with zero attached hydrogens (tertiary/aromatic N) is 5. The van der Waals surface area contributed by atoms with Crippen molar-refractivity contribution < 1.29 is 22.7 Å². The highest BCUT2D eigenvalue weighted by molar-refractivity contribution is 7.90. The molecule has 208 valence electrons. The minimum absolute atomic E-state index is 0.0512. The van der Waals surface area contributed by atoms with Gasteiger partial charge >= 0.3 is 0 Å². The van der Waals surface area contributed by atoms with Crippen molar-refractivity contribution in [2.45, 2.75) is 49.6 Å². The Morgan fingerprint density at radius 2 is 1.77 bits per heavy atom. The van der Waals surface area contributed by atoms with Crippen molar-refractivity contribution >= 4 is 32.7 Å². The van der Waals surface area contributed by atoms with E-state index in [4.69, 9.17) is 10.5 Å². The quantitative estimate of drug-likeness (QED) is 0.345. The second-order valence-corrected chi connectivity index (χ2v) is 13.0. The maximum absolute atomic E-state index is 13.0. The molecule has 0 radical (unpaired) electrons. The summed E-state index contributed by atoms with van der Waals surface area (Å²) in [6.45, 7) is 1.81. The number of aromatic nitrogens is 5. The molecule has 13 heteroatoms. The molecule has 6 rings (SSSR count). The fourth-order valence-electron chi connectivity index (χ4n) is 5.89. The topological polar surface area (TPSA) is 164 Å². The lowest BCUT2D eigenvalue weighted by atomic mass is 9.53. The van der Waals surface area contributed by atoms with E-state index in [2.05, 4.69) is 20.5 Å². The molecule has 3 heterocycles. The average Bonchev–Trinajstić information content (AvgIpc) is 3.42. The summed E-state index contributed by atoms with van der Waals surface area (Å²) >= 11 is 0. The van der Waals surface area contributed by atoms with E-state index in [-0.39, 0.29) is 39.8 Å². The van der Waals surface area contributed by atoms with Crippen LogP contribution in [0.4, 0.5) is 0 Å². The second-order valence-electron chi connectivity index (χ2n) is 10.9. The number of rotatable bonds is 7. The van der Waals surface area contributed by atoms with E-state index in [1.54, 1.807) is 47.7 Å². The van der Waals surface area contributed by atoms with Crippen LogP contribution in [-0.4, -0.2) is 63.2 Å². The largest absolute Gasteiger partial charge is 0.474 e. The van der Waals surface area contributed by atoms with Crippen LogP contribution >= 0.6 is 0 Å². The number of aryl methyl sites for hydroxylation is 1. The van der Waals surface area contributed by atoms with E-state index < -0.39 is 15.7 Å². The molecule has 2 aliphatic rings. The number of pyridine rings is 1. The molecule has 1 spiro atoms. The van der Waals surface area contributed by atoms with Crippen molar-refractivity contribution in [3.63, 3.8) is 0 Å². The molecule has 40 heavy (non-hydrogen) atoms. The summed E-state index contributed by atoms with van der Waals surface area (Å²) in [4.78, 5) is 29.7. The average molecular weight is 564 g/mol. The van der Waals surface area contributed by atoms with Gasteiger partial charge in [-0.05, 0) is 68.4 Å². The first kappa shape index (κ1) is 26.0. The highest BCUT2D eigenvalue weighted by Gasteiger charge is 2.54. The number of hydrogen-bond donors (Lipinski definition) is 2. The summed E-state index contributed by atoms with van der Waals surface area (Å²) in [5, 5.41) is 12.3. The number of ether oxygens (including phenoxy) is 1. The molecular weight excluding hydrogens is 534 g/mol. The van der Waals surface area contributed by atoms with Crippen LogP contribution in [0.5, 0.6) is 5.88 Å². The monoisotopic (exact) mass is 563 g/mol. The van der Waals surface area contributed by atoms with Gasteiger partial charge in [-0.1, -0.05) is 0 Å². The zero-order valence-electron chi connectivity index (χ0n) is 22.3. The third-order valence-corrected chi connectivity index (χ3v) is 9.12. The fraction of sp³-hybridized carbons (Fsp3) is 0.370. The fourth-order valence-corrected chi connectivity index (χ4v) is 6.52. The second kappa shape index (κ2) is 9.15. The van der Waals surface area contributed by atoms with Crippen molar-refractivity contribution in [2.24, 2.45) is 18.2 Å². The van der Waals surface area contributed by atoms with Gasteiger partial charge in [0.1, 0.15) is 11.7 Å². The number of primary amides is 1. The zero-order valence-corrected chi connectivity index (χ0v) is 23.1. The number of amides is 2. The molecule has 3 N–H and O–H groups in total. The van der Waals surface area contributed by atoms with E-state index in [0.29, 0.717) is 22.6 Å². The lowest BCUT2D eigenvalue weighted by Gasteiger charge is -2.57. The minimum Gasteiger partial charge on any atom is -0.474 e. The van der Waals surface area contributed by atoms with Gasteiger partial charge in [-0.25, -0.2) is 13.1 Å². The first-order valence-electron chi connectivity index (χ1n) is 12.9. The molecule has 2 saturated carbocycles. The Labute approximate surface area is 230 Å². The molecule has 2 fully saturated rings. The normalized spacial score (nSPS) is 22.1. The van der Waals surface area contributed by atoms with Gasteiger partial charge in [-0.2, -0.15) is 15.2 Å². The molecule has 1 aromatic carbocycles. The van der Waals surface area contributed by atoms with Gasteiger partial charge in [0.05, 0.1) is 34.2 Å². The molecular formula is C27H29N7O5S. The van der Waals surface area contributed by atoms with E-state index in [0.717, 1.165) is 37.3 Å². The number of sulfone groups is 1. The molecule has 0 saturated heterocycles. The summed E-state index contributed by atoms with van der Waals surface area (Å²) < 4.78 is 32.8. The Hall–Kier alpha value is -4.26. The maximum atomic E-state index is 13.0. The highest BCUT2D eigenvalue weighted by Crippen LogP contribution is 2.56. The standard InChI is InChI=1S/C27H29N7O5S/c1-15-22(14-30-34(15)18-4-6-20(7-5-18)40(3,37)38)25(36)31-17-9-27(10-17)11-19(12-27)39-26-21(23(28)35)8-16-13-29-33(2)24(16)32-26/h4-8,13-14,17,19H,9-12H2,1-3H3,(H2,28,35)(H,31,36). The number of nitrogens with two attached hydrogens (primary N) is 1. The van der Waals surface area contributed by atoms with Crippen LogP contribution in [0.3, 0.4) is 0 Å². The first-order chi connectivity index (χ1) is 18.9. The molecule has 0 unspecified atom stereocenters. The van der Waals surface area contributed by atoms with Crippen molar-refractivity contribution in [1.82, 2.24) is 29.9 Å². The van der Waals surface area contributed by atoms with E-state index in [1.807, 2.05) is 0 Å². The predicted octanol–water partition coefficient (Wildman–Crippen LogP) is 2.08. The van der Waals surface area contributed by atoms with Crippen molar-refractivity contribution in [3.8, 4) is 11.6 Å². The van der Waals surface area contributed by atoms with Gasteiger partial charge in [-0.15, -0.1) is 0 Å². The number of carbonyl (C=O) groups is 2. The molecule has 0 atom stereocenters. The summed E-state index contributed by atoms with van der Waals surface area (Å²) in [6.07, 6.45) is 7.54. The molecule has 0 bridgehead atoms. The van der Waals surface area contributed by atoms with Gasteiger partial charge < -0.3 is 15.8 Å². The zero-order chi connectivity index (χ0) is 28.4. The van der Waals surface area contributed by atoms with Gasteiger partial charge in [0.15, 0.2) is 15.5 Å². The smallest absolute Gasteiger partial charge is 0.254 e. The Bertz CT molecular complexity index is 1760. The van der Waals surface area contributed by atoms with Gasteiger partial charge in [0.25, 0.3) is 11.8 Å². The van der Waals surface area contributed by atoms with Crippen LogP contribution in [-0.2, 0) is 16.9 Å². The molecule has 4 aromatic rings. The third-order valence-electron chi connectivity index (χ3n) is 8.00. The maximum Gasteiger partial charge on any atom is 0.254 e. The van der Waals surface area contributed by atoms with Crippen LogP contribution in [0, 0.1) is 12.3 Å². The van der Waals surface area contributed by atoms with E-state index >= 15 is 0 Å². The van der Waals surface area contributed by atoms with Gasteiger partial charge in [0, 0.05) is 24.7 Å².